The minimum absolute atomic E-state index is 0.00215. The van der Waals surface area contributed by atoms with Crippen LogP contribution in [0.25, 0.3) is 5.52 Å². The van der Waals surface area contributed by atoms with Crippen LogP contribution in [0.3, 0.4) is 0 Å². The van der Waals surface area contributed by atoms with Crippen LogP contribution >= 0.6 is 0 Å². The number of carbonyl (C=O) groups is 2. The highest BCUT2D eigenvalue weighted by Crippen LogP contribution is 2.43. The summed E-state index contributed by atoms with van der Waals surface area (Å²) in [7, 11) is 0. The molecule has 0 radical (unpaired) electrons. The number of rotatable bonds is 6. The first-order valence-electron chi connectivity index (χ1n) is 15.5. The molecule has 0 aliphatic carbocycles. The number of pyridine rings is 1. The van der Waals surface area contributed by atoms with Crippen LogP contribution in [0.15, 0.2) is 36.5 Å². The lowest BCUT2D eigenvalue weighted by Crippen LogP contribution is -2.64. The van der Waals surface area contributed by atoms with Gasteiger partial charge in [-0.1, -0.05) is 26.0 Å². The number of piperazine rings is 1. The van der Waals surface area contributed by atoms with Crippen LogP contribution in [0.1, 0.15) is 50.3 Å². The molecule has 0 unspecified atom stereocenters. The van der Waals surface area contributed by atoms with Crippen molar-refractivity contribution in [2.75, 3.05) is 57.4 Å². The molecule has 5 heterocycles. The number of anilines is 1. The quantitative estimate of drug-likeness (QED) is 0.457. The Morgan fingerprint density at radius 2 is 1.86 bits per heavy atom. The lowest BCUT2D eigenvalue weighted by Gasteiger charge is -2.47. The fourth-order valence-corrected chi connectivity index (χ4v) is 7.28. The van der Waals surface area contributed by atoms with Crippen molar-refractivity contribution in [2.45, 2.75) is 64.6 Å². The van der Waals surface area contributed by atoms with E-state index in [9.17, 15) is 19.1 Å². The van der Waals surface area contributed by atoms with Gasteiger partial charge < -0.3 is 19.6 Å². The molecule has 3 atom stereocenters. The molecule has 2 fully saturated rings. The maximum absolute atomic E-state index is 14.3. The number of imidazole rings is 1. The lowest BCUT2D eigenvalue weighted by atomic mass is 9.90. The van der Waals surface area contributed by atoms with Crippen LogP contribution in [-0.2, 0) is 21.4 Å². The number of aryl methyl sites for hydroxylation is 1. The van der Waals surface area contributed by atoms with E-state index in [0.29, 0.717) is 45.8 Å². The van der Waals surface area contributed by atoms with Crippen molar-refractivity contribution in [2.24, 2.45) is 0 Å². The van der Waals surface area contributed by atoms with Crippen molar-refractivity contribution in [1.29, 1.82) is 0 Å². The minimum Gasteiger partial charge on any atom is -0.465 e. The molecule has 0 spiro atoms. The molecule has 1 N–H and O–H groups in total. The van der Waals surface area contributed by atoms with Crippen molar-refractivity contribution in [1.82, 2.24) is 24.1 Å². The zero-order valence-electron chi connectivity index (χ0n) is 26.3. The first-order chi connectivity index (χ1) is 20.9. The van der Waals surface area contributed by atoms with Crippen molar-refractivity contribution in [3.63, 3.8) is 0 Å². The summed E-state index contributed by atoms with van der Waals surface area (Å²) in [5.41, 5.74) is 4.61. The van der Waals surface area contributed by atoms with Gasteiger partial charge >= 0.3 is 6.09 Å². The number of halogens is 1. The molecule has 1 aromatic carbocycles. The second-order valence-corrected chi connectivity index (χ2v) is 13.4. The number of fused-ring (bicyclic) bond motifs is 3. The summed E-state index contributed by atoms with van der Waals surface area (Å²) < 4.78 is 21.4. The van der Waals surface area contributed by atoms with Gasteiger partial charge in [-0.3, -0.25) is 19.0 Å². The van der Waals surface area contributed by atoms with E-state index >= 15 is 0 Å². The molecule has 236 valence electrons. The van der Waals surface area contributed by atoms with Crippen molar-refractivity contribution < 1.29 is 23.8 Å². The standard InChI is InChI=1S/C33H43FN6O4/c1-21-15-37(27(17-38(21)32(42)43)16-36-10-11-44-19-22(36)2)18-30(41)39-20-33(4,5)31-28(39)13-25(29-14-35-23(3)40(29)31)12-24-6-8-26(34)9-7-24/h6-9,13-14,21-22,27H,10-12,15-20H2,1-5H3,(H,42,43)/t21-,22-,27+/m1/s1. The summed E-state index contributed by atoms with van der Waals surface area (Å²) >= 11 is 0. The van der Waals surface area contributed by atoms with Gasteiger partial charge in [-0.15, -0.1) is 0 Å². The fourth-order valence-electron chi connectivity index (χ4n) is 7.28. The van der Waals surface area contributed by atoms with Gasteiger partial charge in [-0.2, -0.15) is 0 Å². The van der Waals surface area contributed by atoms with Crippen LogP contribution in [0.5, 0.6) is 0 Å². The third-order valence-corrected chi connectivity index (χ3v) is 9.63. The third-order valence-electron chi connectivity index (χ3n) is 9.63. The molecule has 2 amide bonds. The number of carboxylic acid groups (broad SMARTS) is 1. The normalized spacial score (nSPS) is 24.2. The number of morpholine rings is 1. The van der Waals surface area contributed by atoms with Crippen LogP contribution in [-0.4, -0.2) is 112 Å². The molecule has 3 aromatic rings. The van der Waals surface area contributed by atoms with E-state index in [1.807, 2.05) is 24.9 Å². The number of hydrogen-bond acceptors (Lipinski definition) is 6. The molecule has 11 heteroatoms. The van der Waals surface area contributed by atoms with E-state index in [-0.39, 0.29) is 41.8 Å². The lowest BCUT2D eigenvalue weighted by molar-refractivity contribution is -0.121. The Labute approximate surface area is 258 Å². The zero-order chi connectivity index (χ0) is 31.3. The average Bonchev–Trinajstić information content (AvgIpc) is 3.48. The van der Waals surface area contributed by atoms with Gasteiger partial charge in [-0.05, 0) is 56.5 Å². The maximum Gasteiger partial charge on any atom is 0.407 e. The third kappa shape index (κ3) is 5.68. The van der Waals surface area contributed by atoms with Gasteiger partial charge in [0.1, 0.15) is 11.6 Å². The van der Waals surface area contributed by atoms with Crippen molar-refractivity contribution in [3.05, 3.63) is 65.0 Å². The monoisotopic (exact) mass is 606 g/mol. The number of ether oxygens (including phenoxy) is 1. The molecular weight excluding hydrogens is 563 g/mol. The highest BCUT2D eigenvalue weighted by atomic mass is 19.1. The summed E-state index contributed by atoms with van der Waals surface area (Å²) in [6, 6.07) is 8.53. The predicted octanol–water partition coefficient (Wildman–Crippen LogP) is 3.77. The Bertz CT molecular complexity index is 1560. The minimum atomic E-state index is -0.924. The summed E-state index contributed by atoms with van der Waals surface area (Å²) in [5, 5.41) is 9.90. The first-order valence-corrected chi connectivity index (χ1v) is 15.5. The smallest absolute Gasteiger partial charge is 0.407 e. The number of nitrogens with zero attached hydrogens (tertiary/aromatic N) is 6. The predicted molar refractivity (Wildman–Crippen MR) is 166 cm³/mol. The number of benzene rings is 1. The molecule has 44 heavy (non-hydrogen) atoms. The molecular formula is C33H43FN6O4. The van der Waals surface area contributed by atoms with E-state index in [4.69, 9.17) is 4.74 Å². The van der Waals surface area contributed by atoms with Gasteiger partial charge in [0.05, 0.1) is 42.9 Å². The van der Waals surface area contributed by atoms with Gasteiger partial charge in [0.15, 0.2) is 0 Å². The molecule has 3 aliphatic heterocycles. The molecule has 0 bridgehead atoms. The number of hydrogen-bond donors (Lipinski definition) is 1. The summed E-state index contributed by atoms with van der Waals surface area (Å²) in [4.78, 5) is 39.0. The largest absolute Gasteiger partial charge is 0.465 e. The Morgan fingerprint density at radius 1 is 1.11 bits per heavy atom. The van der Waals surface area contributed by atoms with Gasteiger partial charge in [-0.25, -0.2) is 14.2 Å². The topological polar surface area (TPSA) is 93.9 Å². The Balaban J connectivity index is 1.32. The van der Waals surface area contributed by atoms with Gasteiger partial charge in [0.2, 0.25) is 5.91 Å². The average molecular weight is 607 g/mol. The second kappa shape index (κ2) is 11.8. The van der Waals surface area contributed by atoms with E-state index < -0.39 is 6.09 Å². The van der Waals surface area contributed by atoms with E-state index in [2.05, 4.69) is 46.0 Å². The Hall–Kier alpha value is -3.54. The van der Waals surface area contributed by atoms with E-state index in [1.54, 1.807) is 12.1 Å². The number of amides is 2. The summed E-state index contributed by atoms with van der Waals surface area (Å²) in [6.45, 7) is 14.7. The molecule has 0 saturated carbocycles. The zero-order valence-corrected chi connectivity index (χ0v) is 26.3. The summed E-state index contributed by atoms with van der Waals surface area (Å²) in [6.07, 6.45) is 1.54. The van der Waals surface area contributed by atoms with Crippen LogP contribution < -0.4 is 4.90 Å². The van der Waals surface area contributed by atoms with Crippen LogP contribution in [0.2, 0.25) is 0 Å². The van der Waals surface area contributed by atoms with Crippen LogP contribution in [0.4, 0.5) is 14.9 Å². The molecule has 2 aromatic heterocycles. The highest BCUT2D eigenvalue weighted by molar-refractivity contribution is 5.98. The Kier molecular flexibility index (Phi) is 8.15. The Morgan fingerprint density at radius 3 is 2.57 bits per heavy atom. The molecule has 6 rings (SSSR count). The van der Waals surface area contributed by atoms with E-state index in [1.165, 1.54) is 17.0 Å². The SMILES string of the molecule is Cc1ncc2c(Cc3ccc(F)cc3)cc3c(n12)C(C)(C)CN3C(=O)CN1C[C@@H](C)N(C(=O)O)C[C@@H]1CN1CCOC[C@H]1C. The number of carbonyl (C=O) groups excluding carboxylic acids is 1. The van der Waals surface area contributed by atoms with E-state index in [0.717, 1.165) is 40.4 Å². The molecule has 2 saturated heterocycles. The van der Waals surface area contributed by atoms with Crippen molar-refractivity contribution in [3.8, 4) is 0 Å². The highest BCUT2D eigenvalue weighted by Gasteiger charge is 2.43. The van der Waals surface area contributed by atoms with Crippen LogP contribution in [0, 0.1) is 12.7 Å². The first kappa shape index (κ1) is 30.5. The maximum atomic E-state index is 14.3. The molecule has 10 nitrogen and oxygen atoms in total. The second-order valence-electron chi connectivity index (χ2n) is 13.4. The molecule has 3 aliphatic rings. The number of aromatic nitrogens is 2. The van der Waals surface area contributed by atoms with Gasteiger partial charge in [0.25, 0.3) is 0 Å². The van der Waals surface area contributed by atoms with Gasteiger partial charge in [0, 0.05) is 56.3 Å². The fraction of sp³-hybridized carbons (Fsp3) is 0.545. The summed E-state index contributed by atoms with van der Waals surface area (Å²) in [5.74, 6) is 0.585. The van der Waals surface area contributed by atoms with Crippen molar-refractivity contribution >= 4 is 23.2 Å².